The van der Waals surface area contributed by atoms with Crippen LogP contribution in [0, 0.1) is 0 Å². The summed E-state index contributed by atoms with van der Waals surface area (Å²) >= 11 is 1.28. The van der Waals surface area contributed by atoms with E-state index >= 15 is 0 Å². The van der Waals surface area contributed by atoms with Gasteiger partial charge in [-0.05, 0) is 25.5 Å². The van der Waals surface area contributed by atoms with Gasteiger partial charge in [0.05, 0.1) is 10.8 Å². The molecule has 0 fully saturated rings. The van der Waals surface area contributed by atoms with Gasteiger partial charge in [-0.2, -0.15) is 0 Å². The van der Waals surface area contributed by atoms with E-state index in [1.165, 1.54) is 38.1 Å². The Labute approximate surface area is 130 Å². The average Bonchev–Trinajstić information content (AvgIpc) is 2.45. The molecule has 0 aromatic carbocycles. The fourth-order valence-corrected chi connectivity index (χ4v) is 2.87. The van der Waals surface area contributed by atoms with Gasteiger partial charge in [-0.1, -0.05) is 18.7 Å². The molecule has 1 amide bonds. The molecule has 1 rings (SSSR count). The van der Waals surface area contributed by atoms with Crippen LogP contribution in [0.4, 0.5) is 0 Å². The van der Waals surface area contributed by atoms with Gasteiger partial charge in [0.2, 0.25) is 15.9 Å². The lowest BCUT2D eigenvalue weighted by molar-refractivity contribution is -0.119. The lowest BCUT2D eigenvalue weighted by atomic mass is 10.3. The van der Waals surface area contributed by atoms with Crippen molar-refractivity contribution in [1.82, 2.24) is 14.6 Å². The lowest BCUT2D eigenvalue weighted by Crippen LogP contribution is -2.33. The summed E-state index contributed by atoms with van der Waals surface area (Å²) in [5, 5.41) is 3.48. The Hall–Kier alpha value is -1.12. The van der Waals surface area contributed by atoms with Crippen molar-refractivity contribution < 1.29 is 13.2 Å². The first-order chi connectivity index (χ1) is 9.77. The highest BCUT2D eigenvalue weighted by molar-refractivity contribution is 7.99. The molecule has 0 aliphatic rings. The van der Waals surface area contributed by atoms with Crippen LogP contribution in [0.15, 0.2) is 28.3 Å². The molecular weight excluding hydrogens is 310 g/mol. The molecule has 0 unspecified atom stereocenters. The van der Waals surface area contributed by atoms with Gasteiger partial charge < -0.3 is 5.32 Å². The van der Waals surface area contributed by atoms with Gasteiger partial charge in [-0.15, -0.1) is 0 Å². The minimum atomic E-state index is -3.46. The molecule has 0 aliphatic heterocycles. The number of thioether (sulfide) groups is 1. The van der Waals surface area contributed by atoms with Crippen LogP contribution in [0.2, 0.25) is 0 Å². The normalized spacial score (nSPS) is 13.2. The van der Waals surface area contributed by atoms with E-state index in [1.807, 2.05) is 13.8 Å². The van der Waals surface area contributed by atoms with Gasteiger partial charge >= 0.3 is 0 Å². The molecule has 1 heterocycles. The molecule has 0 radical (unpaired) electrons. The number of pyridine rings is 1. The third kappa shape index (κ3) is 5.29. The van der Waals surface area contributed by atoms with Gasteiger partial charge in [0.15, 0.2) is 0 Å². The number of carbonyl (C=O) groups is 1. The zero-order valence-corrected chi connectivity index (χ0v) is 14.3. The van der Waals surface area contributed by atoms with Crippen LogP contribution in [0.1, 0.15) is 20.3 Å². The third-order valence-corrected chi connectivity index (χ3v) is 5.60. The molecule has 0 saturated carbocycles. The van der Waals surface area contributed by atoms with Crippen LogP contribution in [0.3, 0.4) is 0 Å². The molecule has 0 bridgehead atoms. The van der Waals surface area contributed by atoms with Gasteiger partial charge in [0.25, 0.3) is 0 Å². The topological polar surface area (TPSA) is 79.4 Å². The van der Waals surface area contributed by atoms with Gasteiger partial charge in [0.1, 0.15) is 4.90 Å². The molecule has 8 heteroatoms. The second-order valence-electron chi connectivity index (χ2n) is 4.79. The van der Waals surface area contributed by atoms with Crippen LogP contribution in [0.5, 0.6) is 0 Å². The first-order valence-electron chi connectivity index (χ1n) is 6.58. The number of rotatable bonds is 7. The molecule has 0 spiro atoms. The summed E-state index contributed by atoms with van der Waals surface area (Å²) in [5.41, 5.74) is 0. The van der Waals surface area contributed by atoms with Gasteiger partial charge in [-0.25, -0.2) is 17.7 Å². The first kappa shape index (κ1) is 17.9. The summed E-state index contributed by atoms with van der Waals surface area (Å²) in [6, 6.07) is 3.26. The third-order valence-electron chi connectivity index (χ3n) is 2.86. The van der Waals surface area contributed by atoms with E-state index < -0.39 is 10.0 Å². The molecule has 118 valence electrons. The van der Waals surface area contributed by atoms with Crippen molar-refractivity contribution in [3.63, 3.8) is 0 Å². The van der Waals surface area contributed by atoms with Crippen molar-refractivity contribution in [2.24, 2.45) is 0 Å². The highest BCUT2D eigenvalue weighted by atomic mass is 32.2. The minimum absolute atomic E-state index is 0.0545. The number of nitrogens with one attached hydrogen (secondary N) is 1. The maximum atomic E-state index is 11.9. The summed E-state index contributed by atoms with van der Waals surface area (Å²) in [5.74, 6) is 0.207. The minimum Gasteiger partial charge on any atom is -0.353 e. The van der Waals surface area contributed by atoms with E-state index in [1.54, 1.807) is 6.07 Å². The molecule has 1 atom stereocenters. The van der Waals surface area contributed by atoms with E-state index in [-0.39, 0.29) is 22.6 Å². The van der Waals surface area contributed by atoms with Crippen LogP contribution < -0.4 is 5.32 Å². The maximum Gasteiger partial charge on any atom is 0.244 e. The van der Waals surface area contributed by atoms with Crippen molar-refractivity contribution in [3.05, 3.63) is 18.3 Å². The quantitative estimate of drug-likeness (QED) is 0.763. The van der Waals surface area contributed by atoms with Crippen LogP contribution in [-0.4, -0.2) is 49.5 Å². The fourth-order valence-electron chi connectivity index (χ4n) is 1.37. The molecule has 1 aromatic heterocycles. The number of amides is 1. The smallest absolute Gasteiger partial charge is 0.244 e. The molecule has 1 N–H and O–H groups in total. The second kappa shape index (κ2) is 7.77. The van der Waals surface area contributed by atoms with Crippen molar-refractivity contribution in [3.8, 4) is 0 Å². The Kier molecular flexibility index (Phi) is 6.63. The van der Waals surface area contributed by atoms with E-state index in [0.717, 1.165) is 10.7 Å². The highest BCUT2D eigenvalue weighted by Gasteiger charge is 2.17. The molecule has 0 saturated heterocycles. The Morgan fingerprint density at radius 1 is 1.43 bits per heavy atom. The van der Waals surface area contributed by atoms with Crippen molar-refractivity contribution >= 4 is 27.7 Å². The number of hydrogen-bond acceptors (Lipinski definition) is 5. The van der Waals surface area contributed by atoms with Crippen LogP contribution >= 0.6 is 11.8 Å². The summed E-state index contributed by atoms with van der Waals surface area (Å²) in [6.07, 6.45) is 2.19. The predicted molar refractivity (Wildman–Crippen MR) is 83.7 cm³/mol. The summed E-state index contributed by atoms with van der Waals surface area (Å²) in [4.78, 5) is 15.9. The molecule has 1 aromatic rings. The zero-order valence-electron chi connectivity index (χ0n) is 12.7. The van der Waals surface area contributed by atoms with Crippen LogP contribution in [-0.2, 0) is 14.8 Å². The summed E-state index contributed by atoms with van der Waals surface area (Å²) in [6.45, 7) is 3.95. The van der Waals surface area contributed by atoms with Crippen molar-refractivity contribution in [2.75, 3.05) is 19.8 Å². The molecule has 6 nitrogen and oxygen atoms in total. The number of aromatic nitrogens is 1. The van der Waals surface area contributed by atoms with Crippen molar-refractivity contribution in [1.29, 1.82) is 0 Å². The SMILES string of the molecule is CC[C@H](C)NC(=O)CSc1ccc(S(=O)(=O)N(C)C)cn1. The molecule has 21 heavy (non-hydrogen) atoms. The number of carbonyl (C=O) groups excluding carboxylic acids is 1. The highest BCUT2D eigenvalue weighted by Crippen LogP contribution is 2.18. The average molecular weight is 331 g/mol. The lowest BCUT2D eigenvalue weighted by Gasteiger charge is -2.12. The standard InChI is InChI=1S/C13H21N3O3S2/c1-5-10(2)15-12(17)9-20-13-7-6-11(8-14-13)21(18,19)16(3)4/h6-8,10H,5,9H2,1-4H3,(H,15,17)/t10-/m0/s1. The van der Waals surface area contributed by atoms with E-state index in [0.29, 0.717) is 5.03 Å². The van der Waals surface area contributed by atoms with E-state index in [9.17, 15) is 13.2 Å². The molecular formula is C13H21N3O3S2. The van der Waals surface area contributed by atoms with E-state index in [4.69, 9.17) is 0 Å². The number of sulfonamides is 1. The molecule has 0 aliphatic carbocycles. The maximum absolute atomic E-state index is 11.9. The van der Waals surface area contributed by atoms with Gasteiger partial charge in [-0.3, -0.25) is 4.79 Å². The zero-order chi connectivity index (χ0) is 16.0. The summed E-state index contributed by atoms with van der Waals surface area (Å²) in [7, 11) is -0.523. The Morgan fingerprint density at radius 2 is 2.10 bits per heavy atom. The largest absolute Gasteiger partial charge is 0.353 e. The Morgan fingerprint density at radius 3 is 2.57 bits per heavy atom. The van der Waals surface area contributed by atoms with Gasteiger partial charge in [0, 0.05) is 26.3 Å². The Balaban J connectivity index is 2.62. The van der Waals surface area contributed by atoms with Crippen molar-refractivity contribution in [2.45, 2.75) is 36.2 Å². The summed E-state index contributed by atoms with van der Waals surface area (Å²) < 4.78 is 24.9. The van der Waals surface area contributed by atoms with E-state index in [2.05, 4.69) is 10.3 Å². The second-order valence-corrected chi connectivity index (χ2v) is 7.93. The predicted octanol–water partition coefficient (Wildman–Crippen LogP) is 1.34. The fraction of sp³-hybridized carbons (Fsp3) is 0.538. The number of hydrogen-bond donors (Lipinski definition) is 1. The number of nitrogens with zero attached hydrogens (tertiary/aromatic N) is 2. The monoisotopic (exact) mass is 331 g/mol. The van der Waals surface area contributed by atoms with Crippen LogP contribution in [0.25, 0.3) is 0 Å². The first-order valence-corrected chi connectivity index (χ1v) is 9.00. The Bertz CT molecular complexity index is 571.